The Morgan fingerprint density at radius 2 is 2.15 bits per heavy atom. The molecule has 108 valence electrons. The summed E-state index contributed by atoms with van der Waals surface area (Å²) in [5, 5.41) is 3.00. The average Bonchev–Trinajstić information content (AvgIpc) is 2.84. The van der Waals surface area contributed by atoms with Crippen LogP contribution in [0.2, 0.25) is 0 Å². The van der Waals surface area contributed by atoms with E-state index in [4.69, 9.17) is 5.73 Å². The van der Waals surface area contributed by atoms with Crippen LogP contribution in [0, 0.1) is 5.92 Å². The van der Waals surface area contributed by atoms with Crippen molar-refractivity contribution in [1.29, 1.82) is 0 Å². The highest BCUT2D eigenvalue weighted by Gasteiger charge is 2.42. The number of likely N-dealkylation sites (tertiary alicyclic amines) is 1. The first kappa shape index (κ1) is 14.0. The van der Waals surface area contributed by atoms with Crippen molar-refractivity contribution in [2.24, 2.45) is 11.7 Å². The predicted octanol–water partition coefficient (Wildman–Crippen LogP) is 1.66. The number of hydrogen-bond acceptors (Lipinski definition) is 3. The molecule has 3 unspecified atom stereocenters. The molecule has 0 spiro atoms. The summed E-state index contributed by atoms with van der Waals surface area (Å²) >= 11 is 3.47. The molecule has 1 aromatic carbocycles. The smallest absolute Gasteiger partial charge is 0.224 e. The maximum Gasteiger partial charge on any atom is 0.224 e. The van der Waals surface area contributed by atoms with E-state index in [0.29, 0.717) is 12.6 Å². The average molecular weight is 338 g/mol. The summed E-state index contributed by atoms with van der Waals surface area (Å²) in [7, 11) is 0. The Kier molecular flexibility index (Phi) is 4.10. The van der Waals surface area contributed by atoms with Gasteiger partial charge in [-0.2, -0.15) is 0 Å². The second-order valence-corrected chi connectivity index (χ2v) is 6.52. The number of piperidine rings is 1. The van der Waals surface area contributed by atoms with Gasteiger partial charge < -0.3 is 11.1 Å². The highest BCUT2D eigenvalue weighted by Crippen LogP contribution is 2.34. The van der Waals surface area contributed by atoms with E-state index in [9.17, 15) is 4.79 Å². The second kappa shape index (κ2) is 5.84. The Balaban J connectivity index is 1.85. The number of hydrogen-bond donors (Lipinski definition) is 2. The van der Waals surface area contributed by atoms with Crippen molar-refractivity contribution in [3.05, 3.63) is 34.3 Å². The third-order valence-corrected chi connectivity index (χ3v) is 5.05. The van der Waals surface area contributed by atoms with Gasteiger partial charge in [0.05, 0.1) is 5.92 Å². The molecule has 2 aliphatic rings. The van der Waals surface area contributed by atoms with Crippen LogP contribution in [0.3, 0.4) is 0 Å². The minimum absolute atomic E-state index is 0.147. The number of nitrogens with zero attached hydrogens (tertiary/aromatic N) is 1. The quantitative estimate of drug-likeness (QED) is 0.881. The minimum atomic E-state index is 0.147. The van der Waals surface area contributed by atoms with Gasteiger partial charge in [-0.05, 0) is 37.1 Å². The third kappa shape index (κ3) is 2.50. The number of nitrogens with one attached hydrogen (secondary N) is 1. The molecule has 0 aromatic heterocycles. The molecule has 2 fully saturated rings. The molecule has 2 saturated heterocycles. The first-order valence-electron chi connectivity index (χ1n) is 7.19. The normalized spacial score (nSPS) is 28.0. The number of halogens is 1. The number of benzene rings is 1. The lowest BCUT2D eigenvalue weighted by Gasteiger charge is -2.41. The van der Waals surface area contributed by atoms with E-state index in [0.717, 1.165) is 30.4 Å². The zero-order valence-electron chi connectivity index (χ0n) is 11.4. The van der Waals surface area contributed by atoms with Gasteiger partial charge in [0.15, 0.2) is 0 Å². The van der Waals surface area contributed by atoms with Gasteiger partial charge in [0.25, 0.3) is 0 Å². The summed E-state index contributed by atoms with van der Waals surface area (Å²) in [6.45, 7) is 2.36. The van der Waals surface area contributed by atoms with Crippen LogP contribution in [0.25, 0.3) is 0 Å². The Morgan fingerprint density at radius 1 is 1.40 bits per heavy atom. The molecular weight excluding hydrogens is 318 g/mol. The topological polar surface area (TPSA) is 58.4 Å². The molecule has 0 saturated carbocycles. The molecule has 0 bridgehead atoms. The van der Waals surface area contributed by atoms with Crippen molar-refractivity contribution >= 4 is 21.8 Å². The van der Waals surface area contributed by atoms with E-state index in [2.05, 4.69) is 50.4 Å². The summed E-state index contributed by atoms with van der Waals surface area (Å²) < 4.78 is 1.08. The maximum atomic E-state index is 11.9. The van der Waals surface area contributed by atoms with Crippen LogP contribution in [0.15, 0.2) is 28.7 Å². The Labute approximate surface area is 127 Å². The van der Waals surface area contributed by atoms with E-state index in [1.54, 1.807) is 0 Å². The van der Waals surface area contributed by atoms with E-state index >= 15 is 0 Å². The summed E-state index contributed by atoms with van der Waals surface area (Å²) in [4.78, 5) is 14.3. The Bertz CT molecular complexity index is 490. The lowest BCUT2D eigenvalue weighted by atomic mass is 9.89. The molecule has 4 nitrogen and oxygen atoms in total. The van der Waals surface area contributed by atoms with E-state index in [-0.39, 0.29) is 17.9 Å². The fraction of sp³-hybridized carbons (Fsp3) is 0.533. The summed E-state index contributed by atoms with van der Waals surface area (Å²) in [6.07, 6.45) is 2.08. The first-order valence-corrected chi connectivity index (χ1v) is 7.99. The van der Waals surface area contributed by atoms with Gasteiger partial charge in [-0.25, -0.2) is 0 Å². The lowest BCUT2D eigenvalue weighted by molar-refractivity contribution is -0.124. The maximum absolute atomic E-state index is 11.9. The van der Waals surface area contributed by atoms with Gasteiger partial charge in [-0.1, -0.05) is 28.1 Å². The molecular formula is C15H20BrN3O. The summed E-state index contributed by atoms with van der Waals surface area (Å²) in [5.41, 5.74) is 7.26. The second-order valence-electron chi connectivity index (χ2n) is 5.60. The van der Waals surface area contributed by atoms with Crippen LogP contribution in [-0.4, -0.2) is 36.5 Å². The number of rotatable bonds is 3. The highest BCUT2D eigenvalue weighted by molar-refractivity contribution is 9.10. The molecule has 2 heterocycles. The molecule has 1 aromatic rings. The van der Waals surface area contributed by atoms with Crippen molar-refractivity contribution in [2.75, 3.05) is 19.6 Å². The predicted molar refractivity (Wildman–Crippen MR) is 82.2 cm³/mol. The van der Waals surface area contributed by atoms with Crippen LogP contribution < -0.4 is 11.1 Å². The molecule has 3 rings (SSSR count). The van der Waals surface area contributed by atoms with Gasteiger partial charge in [-0.3, -0.25) is 9.69 Å². The van der Waals surface area contributed by atoms with Crippen molar-refractivity contribution in [1.82, 2.24) is 10.2 Å². The van der Waals surface area contributed by atoms with E-state index < -0.39 is 0 Å². The van der Waals surface area contributed by atoms with Crippen LogP contribution in [0.1, 0.15) is 24.4 Å². The monoisotopic (exact) mass is 337 g/mol. The van der Waals surface area contributed by atoms with E-state index in [1.807, 2.05) is 0 Å². The highest BCUT2D eigenvalue weighted by atomic mass is 79.9. The van der Waals surface area contributed by atoms with Crippen molar-refractivity contribution < 1.29 is 4.79 Å². The molecule has 0 radical (unpaired) electrons. The fourth-order valence-electron chi connectivity index (χ4n) is 3.52. The zero-order valence-corrected chi connectivity index (χ0v) is 13.0. The Morgan fingerprint density at radius 3 is 2.85 bits per heavy atom. The van der Waals surface area contributed by atoms with Gasteiger partial charge in [0, 0.05) is 29.6 Å². The van der Waals surface area contributed by atoms with Crippen molar-refractivity contribution in [3.63, 3.8) is 0 Å². The third-order valence-electron chi connectivity index (χ3n) is 4.52. The molecule has 1 amide bonds. The lowest BCUT2D eigenvalue weighted by Crippen LogP contribution is -2.49. The SMILES string of the molecule is NCC(c1ccc(Br)cc1)N1CCCC2C(=O)NCC21. The number of nitrogens with two attached hydrogens (primary N) is 1. The largest absolute Gasteiger partial charge is 0.354 e. The van der Waals surface area contributed by atoms with Crippen molar-refractivity contribution in [2.45, 2.75) is 24.9 Å². The molecule has 3 atom stereocenters. The number of carbonyl (C=O) groups excluding carboxylic acids is 1. The molecule has 20 heavy (non-hydrogen) atoms. The Hall–Kier alpha value is -0.910. The number of amides is 1. The first-order chi connectivity index (χ1) is 9.70. The summed E-state index contributed by atoms with van der Waals surface area (Å²) in [5.74, 6) is 0.361. The molecule has 2 aliphatic heterocycles. The number of fused-ring (bicyclic) bond motifs is 1. The number of carbonyl (C=O) groups is 1. The fourth-order valence-corrected chi connectivity index (χ4v) is 3.78. The van der Waals surface area contributed by atoms with Crippen LogP contribution in [-0.2, 0) is 4.79 Å². The standard InChI is InChI=1S/C15H20BrN3O/c16-11-5-3-10(4-6-11)13(8-17)19-7-1-2-12-14(19)9-18-15(12)20/h3-6,12-14H,1-2,7-9,17H2,(H,18,20). The van der Waals surface area contributed by atoms with Crippen LogP contribution >= 0.6 is 15.9 Å². The molecule has 5 heteroatoms. The van der Waals surface area contributed by atoms with Crippen molar-refractivity contribution in [3.8, 4) is 0 Å². The van der Waals surface area contributed by atoms with Crippen LogP contribution in [0.4, 0.5) is 0 Å². The van der Waals surface area contributed by atoms with Crippen LogP contribution in [0.5, 0.6) is 0 Å². The zero-order chi connectivity index (χ0) is 14.1. The molecule has 0 aliphatic carbocycles. The van der Waals surface area contributed by atoms with Gasteiger partial charge >= 0.3 is 0 Å². The molecule has 3 N–H and O–H groups in total. The van der Waals surface area contributed by atoms with E-state index in [1.165, 1.54) is 5.56 Å². The van der Waals surface area contributed by atoms with Gasteiger partial charge in [0.1, 0.15) is 0 Å². The van der Waals surface area contributed by atoms with Gasteiger partial charge in [-0.15, -0.1) is 0 Å². The summed E-state index contributed by atoms with van der Waals surface area (Å²) in [6, 6.07) is 8.84. The minimum Gasteiger partial charge on any atom is -0.354 e. The van der Waals surface area contributed by atoms with Gasteiger partial charge in [0.2, 0.25) is 5.91 Å².